The number of aliphatic hydroxyl groups excluding tert-OH is 1. The van der Waals surface area contributed by atoms with Gasteiger partial charge >= 0.3 is 0 Å². The summed E-state index contributed by atoms with van der Waals surface area (Å²) in [5, 5.41) is 13.0. The maximum absolute atomic E-state index is 11.3. The number of hydrogen-bond acceptors (Lipinski definition) is 4. The largest absolute Gasteiger partial charge is 0.491 e. The van der Waals surface area contributed by atoms with E-state index in [1.165, 1.54) is 11.8 Å². The Morgan fingerprint density at radius 2 is 2.04 bits per heavy atom. The highest BCUT2D eigenvalue weighted by Crippen LogP contribution is 2.28. The van der Waals surface area contributed by atoms with Crippen LogP contribution in [0.2, 0.25) is 0 Å². The number of hydrogen-bond donors (Lipinski definition) is 2. The first-order valence-electron chi connectivity index (χ1n) is 8.14. The Balaban J connectivity index is 1.54. The van der Waals surface area contributed by atoms with Crippen molar-refractivity contribution < 1.29 is 14.6 Å². The minimum atomic E-state index is -0.658. The highest BCUT2D eigenvalue weighted by Gasteiger charge is 2.26. The second kappa shape index (κ2) is 7.76. The molecule has 3 rings (SSSR count). The molecule has 2 aromatic carbocycles. The van der Waals surface area contributed by atoms with Crippen molar-refractivity contribution in [3.8, 4) is 5.75 Å². The lowest BCUT2D eigenvalue weighted by atomic mass is 10.1. The summed E-state index contributed by atoms with van der Waals surface area (Å²) < 4.78 is 5.69. The first-order chi connectivity index (χ1) is 12.0. The van der Waals surface area contributed by atoms with Crippen LogP contribution in [0.4, 0.5) is 4.79 Å². The molecule has 0 saturated carbocycles. The quantitative estimate of drug-likeness (QED) is 0.823. The minimum absolute atomic E-state index is 0.0416. The topological polar surface area (TPSA) is 58.6 Å². The fourth-order valence-corrected chi connectivity index (χ4v) is 3.62. The summed E-state index contributed by atoms with van der Waals surface area (Å²) in [5.74, 6) is 0.711. The van der Waals surface area contributed by atoms with Gasteiger partial charge in [-0.3, -0.25) is 4.79 Å². The van der Waals surface area contributed by atoms with E-state index in [4.69, 9.17) is 4.74 Å². The van der Waals surface area contributed by atoms with Crippen molar-refractivity contribution in [2.75, 3.05) is 6.61 Å². The summed E-state index contributed by atoms with van der Waals surface area (Å²) in [6.45, 7) is 6.08. The monoisotopic (exact) mass is 355 g/mol. The van der Waals surface area contributed by atoms with Crippen molar-refractivity contribution in [3.63, 3.8) is 0 Å². The summed E-state index contributed by atoms with van der Waals surface area (Å²) in [6, 6.07) is 15.5. The molecule has 0 aliphatic carbocycles. The predicted octanol–water partition coefficient (Wildman–Crippen LogP) is 3.99. The van der Waals surface area contributed by atoms with Crippen LogP contribution in [0.1, 0.15) is 22.8 Å². The number of amides is 1. The molecule has 0 aromatic heterocycles. The van der Waals surface area contributed by atoms with Gasteiger partial charge in [0.2, 0.25) is 0 Å². The zero-order chi connectivity index (χ0) is 17.8. The van der Waals surface area contributed by atoms with Crippen LogP contribution in [0.3, 0.4) is 0 Å². The van der Waals surface area contributed by atoms with E-state index >= 15 is 0 Å². The SMILES string of the molecule is C=C1NC(=O)SC1Cc1ccc(OC[C@H](O)c2cccc(C)c2)cc1. The van der Waals surface area contributed by atoms with Crippen molar-refractivity contribution in [1.29, 1.82) is 0 Å². The summed E-state index contributed by atoms with van der Waals surface area (Å²) in [6.07, 6.45) is 0.0870. The normalized spacial score (nSPS) is 18.1. The van der Waals surface area contributed by atoms with Crippen molar-refractivity contribution in [2.45, 2.75) is 24.7 Å². The van der Waals surface area contributed by atoms with Gasteiger partial charge in [0.05, 0.1) is 5.25 Å². The standard InChI is InChI=1S/C20H21NO3S/c1-13-4-3-5-16(10-13)18(22)12-24-17-8-6-15(7-9-17)11-19-14(2)21-20(23)25-19/h3-10,18-19,22H,2,11-12H2,1H3,(H,21,23)/t18-,19?/m0/s1. The molecule has 25 heavy (non-hydrogen) atoms. The molecule has 1 aliphatic rings. The molecule has 2 atom stereocenters. The fourth-order valence-electron chi connectivity index (χ4n) is 2.69. The van der Waals surface area contributed by atoms with E-state index in [2.05, 4.69) is 11.9 Å². The van der Waals surface area contributed by atoms with Gasteiger partial charge in [-0.2, -0.15) is 0 Å². The third kappa shape index (κ3) is 4.65. The number of carbonyl (C=O) groups is 1. The van der Waals surface area contributed by atoms with Gasteiger partial charge in [0.25, 0.3) is 5.24 Å². The van der Waals surface area contributed by atoms with E-state index < -0.39 is 6.10 Å². The summed E-state index contributed by atoms with van der Waals surface area (Å²) in [5.41, 5.74) is 3.84. The lowest BCUT2D eigenvalue weighted by molar-refractivity contribution is 0.108. The number of aryl methyl sites for hydroxylation is 1. The molecule has 2 N–H and O–H groups in total. The molecule has 1 saturated heterocycles. The van der Waals surface area contributed by atoms with Crippen LogP contribution in [-0.2, 0) is 6.42 Å². The highest BCUT2D eigenvalue weighted by molar-refractivity contribution is 8.14. The number of benzene rings is 2. The Bertz CT molecular complexity index is 773. The van der Waals surface area contributed by atoms with Crippen molar-refractivity contribution in [1.82, 2.24) is 5.32 Å². The fraction of sp³-hybridized carbons (Fsp3) is 0.250. The molecule has 1 heterocycles. The van der Waals surface area contributed by atoms with Crippen molar-refractivity contribution in [2.24, 2.45) is 0 Å². The minimum Gasteiger partial charge on any atom is -0.491 e. The van der Waals surface area contributed by atoms with E-state index in [0.29, 0.717) is 5.75 Å². The Kier molecular flexibility index (Phi) is 5.46. The van der Waals surface area contributed by atoms with E-state index in [0.717, 1.165) is 28.8 Å². The Morgan fingerprint density at radius 1 is 1.28 bits per heavy atom. The van der Waals surface area contributed by atoms with Gasteiger partial charge in [0.1, 0.15) is 18.5 Å². The molecule has 0 radical (unpaired) electrons. The van der Waals surface area contributed by atoms with E-state index in [1.54, 1.807) is 0 Å². The number of nitrogens with one attached hydrogen (secondary N) is 1. The Labute approximate surface area is 151 Å². The maximum Gasteiger partial charge on any atom is 0.283 e. The first-order valence-corrected chi connectivity index (χ1v) is 9.02. The zero-order valence-corrected chi connectivity index (χ0v) is 14.9. The Morgan fingerprint density at radius 3 is 2.68 bits per heavy atom. The highest BCUT2D eigenvalue weighted by atomic mass is 32.2. The van der Waals surface area contributed by atoms with Gasteiger partial charge < -0.3 is 15.2 Å². The smallest absolute Gasteiger partial charge is 0.283 e. The van der Waals surface area contributed by atoms with Gasteiger partial charge in [-0.05, 0) is 36.6 Å². The average Bonchev–Trinajstić information content (AvgIpc) is 2.91. The lowest BCUT2D eigenvalue weighted by Gasteiger charge is -2.14. The number of rotatable bonds is 6. The average molecular weight is 355 g/mol. The molecular weight excluding hydrogens is 334 g/mol. The van der Waals surface area contributed by atoms with E-state index in [-0.39, 0.29) is 17.1 Å². The van der Waals surface area contributed by atoms with Gasteiger partial charge in [0, 0.05) is 5.70 Å². The number of aliphatic hydroxyl groups is 1. The molecular formula is C20H21NO3S. The second-order valence-electron chi connectivity index (χ2n) is 6.13. The van der Waals surface area contributed by atoms with Gasteiger partial charge in [-0.1, -0.05) is 60.3 Å². The third-order valence-electron chi connectivity index (χ3n) is 4.08. The van der Waals surface area contributed by atoms with Crippen LogP contribution in [0.25, 0.3) is 0 Å². The zero-order valence-electron chi connectivity index (χ0n) is 14.1. The molecule has 0 bridgehead atoms. The molecule has 1 fully saturated rings. The molecule has 5 heteroatoms. The van der Waals surface area contributed by atoms with Crippen molar-refractivity contribution in [3.05, 3.63) is 77.5 Å². The summed E-state index contributed by atoms with van der Waals surface area (Å²) in [7, 11) is 0. The van der Waals surface area contributed by atoms with Crippen LogP contribution in [0, 0.1) is 6.92 Å². The molecule has 2 aromatic rings. The molecule has 1 unspecified atom stereocenters. The molecule has 4 nitrogen and oxygen atoms in total. The maximum atomic E-state index is 11.3. The lowest BCUT2D eigenvalue weighted by Crippen LogP contribution is -2.13. The van der Waals surface area contributed by atoms with Crippen LogP contribution < -0.4 is 10.1 Å². The predicted molar refractivity (Wildman–Crippen MR) is 101 cm³/mol. The number of carbonyl (C=O) groups excluding carboxylic acids is 1. The number of thioether (sulfide) groups is 1. The van der Waals surface area contributed by atoms with Crippen LogP contribution >= 0.6 is 11.8 Å². The molecule has 130 valence electrons. The second-order valence-corrected chi connectivity index (χ2v) is 7.31. The van der Waals surface area contributed by atoms with Gasteiger partial charge in [-0.25, -0.2) is 0 Å². The van der Waals surface area contributed by atoms with Crippen molar-refractivity contribution >= 4 is 17.0 Å². The summed E-state index contributed by atoms with van der Waals surface area (Å²) >= 11 is 1.27. The van der Waals surface area contributed by atoms with Gasteiger partial charge in [-0.15, -0.1) is 0 Å². The van der Waals surface area contributed by atoms with E-state index in [9.17, 15) is 9.90 Å². The summed E-state index contributed by atoms with van der Waals surface area (Å²) in [4.78, 5) is 11.3. The molecule has 0 spiro atoms. The van der Waals surface area contributed by atoms with Crippen LogP contribution in [-0.4, -0.2) is 22.2 Å². The van der Waals surface area contributed by atoms with Gasteiger partial charge in [0.15, 0.2) is 0 Å². The first kappa shape index (κ1) is 17.6. The van der Waals surface area contributed by atoms with E-state index in [1.807, 2.05) is 55.5 Å². The van der Waals surface area contributed by atoms with Crippen LogP contribution in [0.5, 0.6) is 5.75 Å². The van der Waals surface area contributed by atoms with Crippen LogP contribution in [0.15, 0.2) is 60.8 Å². The number of ether oxygens (including phenoxy) is 1. The molecule has 1 amide bonds. The third-order valence-corrected chi connectivity index (χ3v) is 5.13. The Hall–Kier alpha value is -2.24. The molecule has 1 aliphatic heterocycles.